The number of hydrogen-bond donors (Lipinski definition) is 0. The average Bonchev–Trinajstić information content (AvgIpc) is 2.57. The van der Waals surface area contributed by atoms with Gasteiger partial charge in [0, 0.05) is 6.07 Å². The molecule has 2 aromatic rings. The van der Waals surface area contributed by atoms with Crippen molar-refractivity contribution in [1.82, 2.24) is 0 Å². The molecule has 1 heterocycles. The van der Waals surface area contributed by atoms with E-state index >= 15 is 0 Å². The lowest BCUT2D eigenvalue weighted by Gasteiger charge is -2.01. The van der Waals surface area contributed by atoms with E-state index in [0.29, 0.717) is 24.4 Å². The first-order valence-electron chi connectivity index (χ1n) is 4.33. The minimum absolute atomic E-state index is 0.320. The van der Waals surface area contributed by atoms with Crippen LogP contribution in [0.4, 0.5) is 0 Å². The molecule has 0 saturated carbocycles. The van der Waals surface area contributed by atoms with Gasteiger partial charge in [0.1, 0.15) is 12.4 Å². The Balaban J connectivity index is 2.23. The molecule has 0 atom stereocenters. The van der Waals surface area contributed by atoms with Crippen LogP contribution < -0.4 is 9.68 Å². The molecule has 2 rings (SSSR count). The molecule has 4 nitrogen and oxygen atoms in total. The predicted molar refractivity (Wildman–Crippen MR) is 56.1 cm³/mol. The number of ether oxygens (including phenoxy) is 1. The lowest BCUT2D eigenvalue weighted by atomic mass is 10.3. The van der Waals surface area contributed by atoms with Gasteiger partial charge in [0.15, 0.2) is 5.58 Å². The highest BCUT2D eigenvalue weighted by Gasteiger charge is 2.03. The van der Waals surface area contributed by atoms with Crippen LogP contribution in [0, 0.1) is 11.3 Å². The van der Waals surface area contributed by atoms with Crippen LogP contribution in [0.25, 0.3) is 10.3 Å². The number of nitrogens with zero attached hydrogens (tertiary/aromatic N) is 1. The van der Waals surface area contributed by atoms with Gasteiger partial charge in [-0.15, -0.1) is 0 Å². The number of nitriles is 1. The third kappa shape index (κ3) is 2.17. The summed E-state index contributed by atoms with van der Waals surface area (Å²) < 4.78 is 11.0. The Hall–Kier alpha value is -1.80. The Kier molecular flexibility index (Phi) is 2.70. The van der Waals surface area contributed by atoms with Gasteiger partial charge in [-0.3, -0.25) is 0 Å². The van der Waals surface area contributed by atoms with E-state index in [-0.39, 0.29) is 4.94 Å². The fourth-order valence-corrected chi connectivity index (χ4v) is 1.81. The monoisotopic (exact) mass is 221 g/mol. The molecule has 0 amide bonds. The quantitative estimate of drug-likeness (QED) is 0.745. The van der Waals surface area contributed by atoms with E-state index in [1.54, 1.807) is 18.2 Å². The minimum Gasteiger partial charge on any atom is -0.492 e. The van der Waals surface area contributed by atoms with Crippen molar-refractivity contribution in [2.45, 2.75) is 6.42 Å². The van der Waals surface area contributed by atoms with Gasteiger partial charge in [-0.1, -0.05) is 11.3 Å². The Labute approximate surface area is 89.3 Å². The Morgan fingerprint density at radius 2 is 2.40 bits per heavy atom. The molecule has 76 valence electrons. The molecule has 15 heavy (non-hydrogen) atoms. The maximum Gasteiger partial charge on any atom is 0.396 e. The lowest BCUT2D eigenvalue weighted by Crippen LogP contribution is -1.94. The first-order valence-corrected chi connectivity index (χ1v) is 5.15. The number of hydrogen-bond acceptors (Lipinski definition) is 5. The molecule has 1 aromatic carbocycles. The van der Waals surface area contributed by atoms with Crippen molar-refractivity contribution in [3.63, 3.8) is 0 Å². The summed E-state index contributed by atoms with van der Waals surface area (Å²) in [6.45, 7) is 0.344. The summed E-state index contributed by atoms with van der Waals surface area (Å²) in [5, 5.41) is 8.33. The van der Waals surface area contributed by atoms with Gasteiger partial charge < -0.3 is 9.15 Å². The van der Waals surface area contributed by atoms with E-state index < -0.39 is 0 Å². The van der Waals surface area contributed by atoms with Gasteiger partial charge in [0.05, 0.1) is 17.2 Å². The van der Waals surface area contributed by atoms with E-state index in [0.717, 1.165) is 16.0 Å². The fourth-order valence-electron chi connectivity index (χ4n) is 1.16. The van der Waals surface area contributed by atoms with Crippen molar-refractivity contribution in [2.24, 2.45) is 0 Å². The molecular weight excluding hydrogens is 214 g/mol. The Morgan fingerprint density at radius 3 is 3.20 bits per heavy atom. The third-order valence-electron chi connectivity index (χ3n) is 1.78. The van der Waals surface area contributed by atoms with Crippen LogP contribution in [-0.2, 0) is 0 Å². The zero-order chi connectivity index (χ0) is 10.7. The van der Waals surface area contributed by atoms with Gasteiger partial charge in [0.2, 0.25) is 0 Å². The van der Waals surface area contributed by atoms with Crippen LogP contribution in [0.15, 0.2) is 27.4 Å². The normalized spacial score (nSPS) is 10.1. The van der Waals surface area contributed by atoms with Crippen molar-refractivity contribution < 1.29 is 9.15 Å². The van der Waals surface area contributed by atoms with Crippen LogP contribution in [0.5, 0.6) is 5.75 Å². The molecule has 0 aliphatic carbocycles. The highest BCUT2D eigenvalue weighted by atomic mass is 32.1. The second kappa shape index (κ2) is 4.15. The lowest BCUT2D eigenvalue weighted by molar-refractivity contribution is 0.326. The van der Waals surface area contributed by atoms with Crippen molar-refractivity contribution in [3.05, 3.63) is 27.9 Å². The number of rotatable bonds is 3. The van der Waals surface area contributed by atoms with Crippen LogP contribution in [0.3, 0.4) is 0 Å². The zero-order valence-corrected chi connectivity index (χ0v) is 8.54. The maximum atomic E-state index is 10.9. The van der Waals surface area contributed by atoms with Crippen molar-refractivity contribution in [3.8, 4) is 11.8 Å². The van der Waals surface area contributed by atoms with E-state index in [1.807, 2.05) is 6.07 Å². The minimum atomic E-state index is -0.320. The average molecular weight is 221 g/mol. The van der Waals surface area contributed by atoms with Crippen molar-refractivity contribution in [1.29, 1.82) is 5.26 Å². The molecule has 0 saturated heterocycles. The molecule has 0 fully saturated rings. The standard InChI is InChI=1S/C10H7NO3S/c11-4-1-5-13-7-2-3-9-8(6-7)14-10(12)15-9/h2-3,6H,1,5H2. The fraction of sp³-hybridized carbons (Fsp3) is 0.200. The Morgan fingerprint density at radius 1 is 1.53 bits per heavy atom. The maximum absolute atomic E-state index is 10.9. The largest absolute Gasteiger partial charge is 0.492 e. The molecule has 0 spiro atoms. The van der Waals surface area contributed by atoms with Crippen LogP contribution >= 0.6 is 11.3 Å². The number of fused-ring (bicyclic) bond motifs is 1. The van der Waals surface area contributed by atoms with E-state index in [4.69, 9.17) is 14.4 Å². The summed E-state index contributed by atoms with van der Waals surface area (Å²) in [5.74, 6) is 0.610. The molecule has 0 bridgehead atoms. The smallest absolute Gasteiger partial charge is 0.396 e. The van der Waals surface area contributed by atoms with Crippen LogP contribution in [0.2, 0.25) is 0 Å². The summed E-state index contributed by atoms with van der Waals surface area (Å²) in [4.78, 5) is 10.6. The molecule has 0 N–H and O–H groups in total. The van der Waals surface area contributed by atoms with Gasteiger partial charge in [-0.05, 0) is 12.1 Å². The van der Waals surface area contributed by atoms with Gasteiger partial charge in [-0.2, -0.15) is 5.26 Å². The van der Waals surface area contributed by atoms with Crippen LogP contribution in [0.1, 0.15) is 6.42 Å². The Bertz CT molecular complexity index is 564. The van der Waals surface area contributed by atoms with E-state index in [9.17, 15) is 4.79 Å². The topological polar surface area (TPSA) is 63.2 Å². The van der Waals surface area contributed by atoms with Crippen LogP contribution in [-0.4, -0.2) is 6.61 Å². The van der Waals surface area contributed by atoms with Crippen molar-refractivity contribution >= 4 is 21.6 Å². The highest BCUT2D eigenvalue weighted by molar-refractivity contribution is 7.16. The zero-order valence-electron chi connectivity index (χ0n) is 7.73. The molecule has 5 heteroatoms. The third-order valence-corrected chi connectivity index (χ3v) is 2.59. The molecule has 0 aliphatic rings. The van der Waals surface area contributed by atoms with Crippen molar-refractivity contribution in [2.75, 3.05) is 6.61 Å². The van der Waals surface area contributed by atoms with Gasteiger partial charge >= 0.3 is 4.94 Å². The second-order valence-electron chi connectivity index (χ2n) is 2.82. The summed E-state index contributed by atoms with van der Waals surface area (Å²) >= 11 is 1.06. The summed E-state index contributed by atoms with van der Waals surface area (Å²) in [6, 6.07) is 7.17. The van der Waals surface area contributed by atoms with E-state index in [2.05, 4.69) is 0 Å². The first-order chi connectivity index (χ1) is 7.29. The summed E-state index contributed by atoms with van der Waals surface area (Å²) in [7, 11) is 0. The van der Waals surface area contributed by atoms with Gasteiger partial charge in [-0.25, -0.2) is 4.79 Å². The second-order valence-corrected chi connectivity index (χ2v) is 3.80. The first kappa shape index (κ1) is 9.74. The SMILES string of the molecule is N#CCCOc1ccc2sc(=O)oc2c1. The molecule has 0 radical (unpaired) electrons. The highest BCUT2D eigenvalue weighted by Crippen LogP contribution is 2.22. The molecule has 0 unspecified atom stereocenters. The summed E-state index contributed by atoms with van der Waals surface area (Å²) in [6.07, 6.45) is 0.339. The van der Waals surface area contributed by atoms with Gasteiger partial charge in [0.25, 0.3) is 0 Å². The molecule has 0 aliphatic heterocycles. The predicted octanol–water partition coefficient (Wildman–Crippen LogP) is 2.15. The molecule has 1 aromatic heterocycles. The number of benzene rings is 1. The summed E-state index contributed by atoms with van der Waals surface area (Å²) in [5.41, 5.74) is 0.527. The van der Waals surface area contributed by atoms with E-state index in [1.165, 1.54) is 0 Å². The molecular formula is C10H7NO3S.